The molecular weight excluding hydrogens is 275 g/mol. The van der Waals surface area contributed by atoms with Crippen LogP contribution in [0.3, 0.4) is 0 Å². The van der Waals surface area contributed by atoms with Gasteiger partial charge < -0.3 is 0 Å². The van der Waals surface area contributed by atoms with Crippen LogP contribution in [0.1, 0.15) is 0 Å². The monoisotopic (exact) mass is 286 g/mol. The molecule has 3 rings (SSSR count). The van der Waals surface area contributed by atoms with E-state index in [2.05, 4.69) is 5.10 Å². The number of halogens is 2. The Hall–Kier alpha value is -2.13. The van der Waals surface area contributed by atoms with Crippen molar-refractivity contribution >= 4 is 11.6 Å². The van der Waals surface area contributed by atoms with Gasteiger partial charge in [-0.3, -0.25) is 4.68 Å². The normalized spacial score (nSPS) is 10.8. The Labute approximate surface area is 121 Å². The molecule has 3 aromatic rings. The standard InChI is InChI=1S/C16H12ClFN2/c1-20-9-8-16(19-20)14-10-12(4-7-15(14)17)11-2-5-13(18)6-3-11/h2-10H,1H3. The Morgan fingerprint density at radius 1 is 1.00 bits per heavy atom. The van der Waals surface area contributed by atoms with E-state index in [-0.39, 0.29) is 5.82 Å². The summed E-state index contributed by atoms with van der Waals surface area (Å²) in [5.41, 5.74) is 3.62. The lowest BCUT2D eigenvalue weighted by molar-refractivity contribution is 0.628. The van der Waals surface area contributed by atoms with Crippen molar-refractivity contribution < 1.29 is 4.39 Å². The molecular formula is C16H12ClFN2. The Morgan fingerprint density at radius 2 is 1.70 bits per heavy atom. The summed E-state index contributed by atoms with van der Waals surface area (Å²) in [4.78, 5) is 0. The van der Waals surface area contributed by atoms with E-state index in [1.807, 2.05) is 37.5 Å². The van der Waals surface area contributed by atoms with Crippen molar-refractivity contribution in [2.75, 3.05) is 0 Å². The predicted octanol–water partition coefficient (Wildman–Crippen LogP) is 4.55. The maximum atomic E-state index is 13.0. The first-order valence-electron chi connectivity index (χ1n) is 6.19. The highest BCUT2D eigenvalue weighted by molar-refractivity contribution is 6.33. The zero-order chi connectivity index (χ0) is 14.1. The van der Waals surface area contributed by atoms with Gasteiger partial charge in [-0.25, -0.2) is 4.39 Å². The zero-order valence-electron chi connectivity index (χ0n) is 10.8. The quantitative estimate of drug-likeness (QED) is 0.676. The molecule has 0 unspecified atom stereocenters. The maximum Gasteiger partial charge on any atom is 0.123 e. The molecule has 0 spiro atoms. The molecule has 0 atom stereocenters. The van der Waals surface area contributed by atoms with Crippen LogP contribution in [-0.4, -0.2) is 9.78 Å². The largest absolute Gasteiger partial charge is 0.275 e. The fourth-order valence-corrected chi connectivity index (χ4v) is 2.32. The lowest BCUT2D eigenvalue weighted by Crippen LogP contribution is -1.89. The lowest BCUT2D eigenvalue weighted by Gasteiger charge is -2.06. The molecule has 0 aliphatic heterocycles. The minimum absolute atomic E-state index is 0.243. The summed E-state index contributed by atoms with van der Waals surface area (Å²) in [6.07, 6.45) is 1.87. The van der Waals surface area contributed by atoms with Crippen LogP contribution in [0.5, 0.6) is 0 Å². The van der Waals surface area contributed by atoms with Crippen LogP contribution in [0.4, 0.5) is 4.39 Å². The number of benzene rings is 2. The van der Waals surface area contributed by atoms with E-state index in [1.54, 1.807) is 16.8 Å². The maximum absolute atomic E-state index is 13.0. The van der Waals surface area contributed by atoms with E-state index in [4.69, 9.17) is 11.6 Å². The second-order valence-corrected chi connectivity index (χ2v) is 4.98. The molecule has 0 aliphatic rings. The molecule has 1 heterocycles. The van der Waals surface area contributed by atoms with Crippen LogP contribution in [-0.2, 0) is 7.05 Å². The molecule has 0 fully saturated rings. The fraction of sp³-hybridized carbons (Fsp3) is 0.0625. The van der Waals surface area contributed by atoms with Crippen molar-refractivity contribution in [2.24, 2.45) is 7.05 Å². The molecule has 2 aromatic carbocycles. The van der Waals surface area contributed by atoms with Crippen molar-refractivity contribution in [3.05, 3.63) is 65.6 Å². The van der Waals surface area contributed by atoms with Crippen LogP contribution in [0.15, 0.2) is 54.7 Å². The van der Waals surface area contributed by atoms with Crippen molar-refractivity contribution in [1.29, 1.82) is 0 Å². The summed E-state index contributed by atoms with van der Waals surface area (Å²) in [6, 6.07) is 14.0. The van der Waals surface area contributed by atoms with Crippen LogP contribution in [0.25, 0.3) is 22.4 Å². The number of rotatable bonds is 2. The number of aromatic nitrogens is 2. The van der Waals surface area contributed by atoms with Crippen LogP contribution >= 0.6 is 11.6 Å². The molecule has 20 heavy (non-hydrogen) atoms. The lowest BCUT2D eigenvalue weighted by atomic mass is 10.0. The molecule has 100 valence electrons. The van der Waals surface area contributed by atoms with E-state index in [1.165, 1.54) is 12.1 Å². The van der Waals surface area contributed by atoms with Gasteiger partial charge in [0, 0.05) is 18.8 Å². The highest BCUT2D eigenvalue weighted by Crippen LogP contribution is 2.31. The van der Waals surface area contributed by atoms with Gasteiger partial charge in [0.05, 0.1) is 10.7 Å². The second kappa shape index (κ2) is 5.10. The molecule has 4 heteroatoms. The average molecular weight is 287 g/mol. The Morgan fingerprint density at radius 3 is 2.35 bits per heavy atom. The summed E-state index contributed by atoms with van der Waals surface area (Å²) in [7, 11) is 1.86. The van der Waals surface area contributed by atoms with Gasteiger partial charge in [-0.2, -0.15) is 5.10 Å². The zero-order valence-corrected chi connectivity index (χ0v) is 11.6. The van der Waals surface area contributed by atoms with E-state index < -0.39 is 0 Å². The third-order valence-electron chi connectivity index (χ3n) is 3.13. The molecule has 0 radical (unpaired) electrons. The Balaban J connectivity index is 2.08. The Bertz CT molecular complexity index is 747. The third-order valence-corrected chi connectivity index (χ3v) is 3.46. The molecule has 0 bridgehead atoms. The van der Waals surface area contributed by atoms with E-state index in [0.717, 1.165) is 22.4 Å². The summed E-state index contributed by atoms with van der Waals surface area (Å²) >= 11 is 6.24. The van der Waals surface area contributed by atoms with Crippen LogP contribution < -0.4 is 0 Å². The highest BCUT2D eigenvalue weighted by atomic mass is 35.5. The Kier molecular flexibility index (Phi) is 3.28. The predicted molar refractivity (Wildman–Crippen MR) is 79.0 cm³/mol. The first-order valence-corrected chi connectivity index (χ1v) is 6.57. The average Bonchev–Trinajstić information content (AvgIpc) is 2.87. The van der Waals surface area contributed by atoms with Crippen LogP contribution in [0, 0.1) is 5.82 Å². The van der Waals surface area contributed by atoms with E-state index in [9.17, 15) is 4.39 Å². The molecule has 0 amide bonds. The van der Waals surface area contributed by atoms with Gasteiger partial charge in [-0.1, -0.05) is 29.8 Å². The van der Waals surface area contributed by atoms with Gasteiger partial charge >= 0.3 is 0 Å². The number of nitrogens with zero attached hydrogens (tertiary/aromatic N) is 2. The molecule has 0 saturated carbocycles. The van der Waals surface area contributed by atoms with Gasteiger partial charge in [0.15, 0.2) is 0 Å². The molecule has 0 aliphatic carbocycles. The van der Waals surface area contributed by atoms with Gasteiger partial charge in [0.2, 0.25) is 0 Å². The summed E-state index contributed by atoms with van der Waals surface area (Å²) in [5.74, 6) is -0.243. The van der Waals surface area contributed by atoms with E-state index in [0.29, 0.717) is 5.02 Å². The fourth-order valence-electron chi connectivity index (χ4n) is 2.10. The summed E-state index contributed by atoms with van der Waals surface area (Å²) in [6.45, 7) is 0. The summed E-state index contributed by atoms with van der Waals surface area (Å²) < 4.78 is 14.7. The van der Waals surface area contributed by atoms with Gasteiger partial charge in [0.25, 0.3) is 0 Å². The molecule has 2 nitrogen and oxygen atoms in total. The first kappa shape index (κ1) is 12.9. The number of hydrogen-bond donors (Lipinski definition) is 0. The van der Waals surface area contributed by atoms with Crippen molar-refractivity contribution in [2.45, 2.75) is 0 Å². The van der Waals surface area contributed by atoms with Crippen molar-refractivity contribution in [3.8, 4) is 22.4 Å². The first-order chi connectivity index (χ1) is 9.63. The third kappa shape index (κ3) is 2.45. The second-order valence-electron chi connectivity index (χ2n) is 4.58. The van der Waals surface area contributed by atoms with Gasteiger partial charge in [-0.05, 0) is 41.5 Å². The van der Waals surface area contributed by atoms with Gasteiger partial charge in [-0.15, -0.1) is 0 Å². The van der Waals surface area contributed by atoms with E-state index >= 15 is 0 Å². The smallest absolute Gasteiger partial charge is 0.123 e. The minimum Gasteiger partial charge on any atom is -0.275 e. The molecule has 0 N–H and O–H groups in total. The van der Waals surface area contributed by atoms with Crippen LogP contribution in [0.2, 0.25) is 5.02 Å². The molecule has 1 aromatic heterocycles. The highest BCUT2D eigenvalue weighted by Gasteiger charge is 2.08. The van der Waals surface area contributed by atoms with Crippen molar-refractivity contribution in [3.63, 3.8) is 0 Å². The van der Waals surface area contributed by atoms with Crippen molar-refractivity contribution in [1.82, 2.24) is 9.78 Å². The minimum atomic E-state index is -0.243. The van der Waals surface area contributed by atoms with Gasteiger partial charge in [0.1, 0.15) is 5.82 Å². The summed E-state index contributed by atoms with van der Waals surface area (Å²) in [5, 5.41) is 5.01. The molecule has 0 saturated heterocycles. The SMILES string of the molecule is Cn1ccc(-c2cc(-c3ccc(F)cc3)ccc2Cl)n1. The topological polar surface area (TPSA) is 17.8 Å². The number of aryl methyl sites for hydroxylation is 1. The number of hydrogen-bond acceptors (Lipinski definition) is 1.